The molecule has 0 aliphatic heterocycles. The molecule has 0 aliphatic carbocycles. The molecular formula is C9H9BrN2O2S. The van der Waals surface area contributed by atoms with Gasteiger partial charge in [0, 0.05) is 10.2 Å². The van der Waals surface area contributed by atoms with E-state index in [2.05, 4.69) is 26.6 Å². The zero-order valence-corrected chi connectivity index (χ0v) is 10.1. The average Bonchev–Trinajstić information content (AvgIpc) is 2.14. The third-order valence-electron chi connectivity index (χ3n) is 1.61. The van der Waals surface area contributed by atoms with E-state index in [-0.39, 0.29) is 11.4 Å². The highest BCUT2D eigenvalue weighted by molar-refractivity contribution is 9.10. The van der Waals surface area contributed by atoms with Crippen LogP contribution in [0.2, 0.25) is 0 Å². The smallest absolute Gasteiger partial charge is 0.242 e. The maximum atomic E-state index is 11.6. The Kier molecular flexibility index (Phi) is 3.74. The molecule has 3 N–H and O–H groups in total. The number of nitrogens with two attached hydrogens (primary N) is 1. The monoisotopic (exact) mass is 288 g/mol. The molecule has 4 nitrogen and oxygen atoms in total. The van der Waals surface area contributed by atoms with Gasteiger partial charge in [0.2, 0.25) is 10.0 Å². The van der Waals surface area contributed by atoms with E-state index >= 15 is 0 Å². The molecule has 0 heterocycles. The molecule has 0 fully saturated rings. The summed E-state index contributed by atoms with van der Waals surface area (Å²) in [7, 11) is -3.56. The lowest BCUT2D eigenvalue weighted by atomic mass is 10.3. The van der Waals surface area contributed by atoms with Gasteiger partial charge in [-0.3, -0.25) is 0 Å². The van der Waals surface area contributed by atoms with Gasteiger partial charge < -0.3 is 5.73 Å². The number of benzene rings is 1. The fourth-order valence-corrected chi connectivity index (χ4v) is 2.98. The fourth-order valence-electron chi connectivity index (χ4n) is 0.949. The maximum Gasteiger partial charge on any atom is 0.242 e. The van der Waals surface area contributed by atoms with Gasteiger partial charge in [0.25, 0.3) is 0 Å². The van der Waals surface area contributed by atoms with Crippen LogP contribution in [0.1, 0.15) is 0 Å². The van der Waals surface area contributed by atoms with Crippen molar-refractivity contribution >= 4 is 31.6 Å². The molecule has 0 amide bonds. The molecule has 6 heteroatoms. The highest BCUT2D eigenvalue weighted by Crippen LogP contribution is 2.23. The molecule has 0 saturated carbocycles. The quantitative estimate of drug-likeness (QED) is 0.642. The first kappa shape index (κ1) is 12.0. The number of hydrogen-bond donors (Lipinski definition) is 2. The van der Waals surface area contributed by atoms with E-state index in [0.717, 1.165) is 0 Å². The van der Waals surface area contributed by atoms with Crippen LogP contribution in [0.15, 0.2) is 27.6 Å². The Bertz CT molecular complexity index is 505. The summed E-state index contributed by atoms with van der Waals surface area (Å²) in [6.07, 6.45) is 4.97. The van der Waals surface area contributed by atoms with Gasteiger partial charge in [-0.1, -0.05) is 5.92 Å². The molecule has 0 aromatic heterocycles. The van der Waals surface area contributed by atoms with Crippen molar-refractivity contribution in [2.24, 2.45) is 0 Å². The molecule has 0 spiro atoms. The summed E-state index contributed by atoms with van der Waals surface area (Å²) in [6.45, 7) is -0.0425. The Balaban J connectivity index is 3.12. The summed E-state index contributed by atoms with van der Waals surface area (Å²) in [5, 5.41) is 0. The number of anilines is 1. The van der Waals surface area contributed by atoms with Gasteiger partial charge >= 0.3 is 0 Å². The lowest BCUT2D eigenvalue weighted by Gasteiger charge is -2.06. The number of rotatable bonds is 3. The highest BCUT2D eigenvalue weighted by Gasteiger charge is 2.16. The van der Waals surface area contributed by atoms with Crippen molar-refractivity contribution in [1.29, 1.82) is 0 Å². The van der Waals surface area contributed by atoms with Crippen LogP contribution in [0.4, 0.5) is 5.69 Å². The zero-order chi connectivity index (χ0) is 11.5. The summed E-state index contributed by atoms with van der Waals surface area (Å²) in [5.74, 6) is 2.19. The lowest BCUT2D eigenvalue weighted by molar-refractivity contribution is 0.585. The minimum absolute atomic E-state index is 0.0425. The van der Waals surface area contributed by atoms with E-state index < -0.39 is 10.0 Å². The molecule has 0 unspecified atom stereocenters. The van der Waals surface area contributed by atoms with Crippen molar-refractivity contribution in [2.75, 3.05) is 12.3 Å². The first-order valence-electron chi connectivity index (χ1n) is 3.95. The summed E-state index contributed by atoms with van der Waals surface area (Å²) in [5.41, 5.74) is 5.98. The maximum absolute atomic E-state index is 11.6. The summed E-state index contributed by atoms with van der Waals surface area (Å²) < 4.78 is 26.0. The largest absolute Gasteiger partial charge is 0.399 e. The summed E-state index contributed by atoms with van der Waals surface area (Å²) >= 11 is 3.12. The summed E-state index contributed by atoms with van der Waals surface area (Å²) in [4.78, 5) is 0.118. The van der Waals surface area contributed by atoms with Crippen LogP contribution in [0.25, 0.3) is 0 Å². The second kappa shape index (κ2) is 4.66. The SMILES string of the molecule is C#CCNS(=O)(=O)c1ccc(N)cc1Br. The van der Waals surface area contributed by atoms with E-state index in [1.807, 2.05) is 0 Å². The fraction of sp³-hybridized carbons (Fsp3) is 0.111. The average molecular weight is 289 g/mol. The molecule has 0 atom stereocenters. The third kappa shape index (κ3) is 2.96. The number of nitrogens with one attached hydrogen (secondary N) is 1. The normalized spacial score (nSPS) is 10.9. The number of terminal acetylenes is 1. The highest BCUT2D eigenvalue weighted by atomic mass is 79.9. The Morgan fingerprint density at radius 1 is 1.53 bits per heavy atom. The molecular weight excluding hydrogens is 280 g/mol. The number of nitrogen functional groups attached to an aromatic ring is 1. The van der Waals surface area contributed by atoms with Crippen LogP contribution < -0.4 is 10.5 Å². The van der Waals surface area contributed by atoms with Crippen molar-refractivity contribution in [3.8, 4) is 12.3 Å². The number of hydrogen-bond acceptors (Lipinski definition) is 3. The molecule has 15 heavy (non-hydrogen) atoms. The topological polar surface area (TPSA) is 72.2 Å². The molecule has 80 valence electrons. The van der Waals surface area contributed by atoms with Crippen molar-refractivity contribution in [2.45, 2.75) is 4.90 Å². The van der Waals surface area contributed by atoms with E-state index in [9.17, 15) is 8.42 Å². The second-order valence-corrected chi connectivity index (χ2v) is 5.31. The minimum atomic E-state index is -3.56. The third-order valence-corrected chi connectivity index (χ3v) is 3.99. The van der Waals surface area contributed by atoms with Gasteiger partial charge in [-0.05, 0) is 34.1 Å². The van der Waals surface area contributed by atoms with Crippen LogP contribution in [-0.4, -0.2) is 15.0 Å². The molecule has 0 saturated heterocycles. The van der Waals surface area contributed by atoms with Crippen LogP contribution in [0, 0.1) is 12.3 Å². The van der Waals surface area contributed by atoms with E-state index in [1.54, 1.807) is 0 Å². The van der Waals surface area contributed by atoms with Crippen molar-refractivity contribution < 1.29 is 8.42 Å². The molecule has 1 aromatic rings. The van der Waals surface area contributed by atoms with Crippen LogP contribution in [0.5, 0.6) is 0 Å². The first-order chi connectivity index (χ1) is 6.97. The second-order valence-electron chi connectivity index (χ2n) is 2.72. The van der Waals surface area contributed by atoms with Crippen LogP contribution >= 0.6 is 15.9 Å². The van der Waals surface area contributed by atoms with Gasteiger partial charge in [0.05, 0.1) is 11.4 Å². The Hall–Kier alpha value is -1.03. The van der Waals surface area contributed by atoms with Gasteiger partial charge in [-0.15, -0.1) is 6.42 Å². The lowest BCUT2D eigenvalue weighted by Crippen LogP contribution is -2.24. The van der Waals surface area contributed by atoms with Gasteiger partial charge in [0.15, 0.2) is 0 Å². The molecule has 1 aromatic carbocycles. The van der Waals surface area contributed by atoms with Crippen molar-refractivity contribution in [3.63, 3.8) is 0 Å². The zero-order valence-electron chi connectivity index (χ0n) is 7.70. The molecule has 1 rings (SSSR count). The molecule has 0 aliphatic rings. The van der Waals surface area contributed by atoms with E-state index in [4.69, 9.17) is 12.2 Å². The van der Waals surface area contributed by atoms with E-state index in [0.29, 0.717) is 10.2 Å². The Morgan fingerprint density at radius 2 is 2.20 bits per heavy atom. The van der Waals surface area contributed by atoms with Crippen LogP contribution in [-0.2, 0) is 10.0 Å². The van der Waals surface area contributed by atoms with Gasteiger partial charge in [-0.25, -0.2) is 8.42 Å². The predicted octanol–water partition coefficient (Wildman–Crippen LogP) is 0.943. The predicted molar refractivity (Wildman–Crippen MR) is 62.6 cm³/mol. The van der Waals surface area contributed by atoms with E-state index in [1.165, 1.54) is 18.2 Å². The van der Waals surface area contributed by atoms with Gasteiger partial charge in [-0.2, -0.15) is 4.72 Å². The first-order valence-corrected chi connectivity index (χ1v) is 6.23. The standard InChI is InChI=1S/C9H9BrN2O2S/c1-2-5-12-15(13,14)9-4-3-7(11)6-8(9)10/h1,3-4,6,12H,5,11H2. The molecule has 0 bridgehead atoms. The van der Waals surface area contributed by atoms with Crippen molar-refractivity contribution in [3.05, 3.63) is 22.7 Å². The molecule has 0 radical (unpaired) electrons. The summed E-state index contributed by atoms with van der Waals surface area (Å²) in [6, 6.07) is 4.44. The van der Waals surface area contributed by atoms with Crippen LogP contribution in [0.3, 0.4) is 0 Å². The number of sulfonamides is 1. The van der Waals surface area contributed by atoms with Crippen molar-refractivity contribution in [1.82, 2.24) is 4.72 Å². The van der Waals surface area contributed by atoms with Gasteiger partial charge in [0.1, 0.15) is 0 Å². The Morgan fingerprint density at radius 3 is 2.73 bits per heavy atom. The number of halogens is 1. The Labute approximate surface area is 97.0 Å². The minimum Gasteiger partial charge on any atom is -0.399 e.